The molecule has 4 rings (SSSR count). The number of aromatic nitrogens is 1. The van der Waals surface area contributed by atoms with Crippen molar-refractivity contribution in [3.05, 3.63) is 94.4 Å². The monoisotopic (exact) mass is 359 g/mol. The normalized spacial score (nSPS) is 14.0. The van der Waals surface area contributed by atoms with Crippen molar-refractivity contribution in [2.45, 2.75) is 19.5 Å². The Labute approximate surface area is 160 Å². The Hall–Kier alpha value is -3.01. The fourth-order valence-electron chi connectivity index (χ4n) is 3.73. The second-order valence-electron chi connectivity index (χ2n) is 7.16. The van der Waals surface area contributed by atoms with E-state index in [1.807, 2.05) is 12.3 Å². The number of hydrogen-bond acceptors (Lipinski definition) is 3. The van der Waals surface area contributed by atoms with Crippen LogP contribution >= 0.6 is 0 Å². The smallest absolute Gasteiger partial charge is 0.250 e. The number of rotatable bonds is 4. The Morgan fingerprint density at radius 1 is 0.778 bits per heavy atom. The molecule has 0 saturated carbocycles. The number of hydrogen-bond donors (Lipinski definition) is 0. The Kier molecular flexibility index (Phi) is 4.97. The molecule has 138 valence electrons. The quantitative estimate of drug-likeness (QED) is 0.709. The third-order valence-electron chi connectivity index (χ3n) is 5.18. The summed E-state index contributed by atoms with van der Waals surface area (Å²) in [4.78, 5) is 16.9. The number of anilines is 2. The van der Waals surface area contributed by atoms with E-state index in [-0.39, 0.29) is 5.56 Å². The highest BCUT2D eigenvalue weighted by Gasteiger charge is 2.20. The first kappa shape index (κ1) is 17.4. The topological polar surface area (TPSA) is 28.5 Å². The van der Waals surface area contributed by atoms with Crippen LogP contribution in [-0.4, -0.2) is 17.7 Å². The van der Waals surface area contributed by atoms with Gasteiger partial charge in [0.05, 0.1) is 11.4 Å². The van der Waals surface area contributed by atoms with Crippen molar-refractivity contribution in [3.63, 3.8) is 0 Å². The van der Waals surface area contributed by atoms with E-state index >= 15 is 0 Å². The molecule has 0 aliphatic carbocycles. The zero-order valence-electron chi connectivity index (χ0n) is 15.7. The molecule has 4 heteroatoms. The van der Waals surface area contributed by atoms with E-state index in [1.54, 1.807) is 17.7 Å². The summed E-state index contributed by atoms with van der Waals surface area (Å²) < 4.78 is 1.61. The highest BCUT2D eigenvalue weighted by atomic mass is 16.1. The molecule has 1 aliphatic rings. The van der Waals surface area contributed by atoms with Gasteiger partial charge in [0, 0.05) is 45.5 Å². The summed E-state index contributed by atoms with van der Waals surface area (Å²) in [5, 5.41) is 0. The molecule has 1 aromatic heterocycles. The molecule has 0 fully saturated rings. The van der Waals surface area contributed by atoms with Crippen LogP contribution in [0.5, 0.6) is 0 Å². The first-order valence-electron chi connectivity index (χ1n) is 9.49. The van der Waals surface area contributed by atoms with E-state index in [1.165, 1.54) is 16.9 Å². The number of pyridine rings is 1. The maximum Gasteiger partial charge on any atom is 0.250 e. The van der Waals surface area contributed by atoms with Gasteiger partial charge in [0.15, 0.2) is 0 Å². The number of aryl methyl sites for hydroxylation is 1. The van der Waals surface area contributed by atoms with Gasteiger partial charge in [-0.15, -0.1) is 0 Å². The zero-order chi connectivity index (χ0) is 18.6. The van der Waals surface area contributed by atoms with Gasteiger partial charge in [-0.3, -0.25) is 4.79 Å². The van der Waals surface area contributed by atoms with Crippen molar-refractivity contribution in [2.75, 3.05) is 22.9 Å². The molecule has 0 saturated heterocycles. The third kappa shape index (κ3) is 3.90. The van der Waals surface area contributed by atoms with Crippen LogP contribution in [0.4, 0.5) is 11.4 Å². The van der Waals surface area contributed by atoms with E-state index in [4.69, 9.17) is 0 Å². The van der Waals surface area contributed by atoms with E-state index in [2.05, 4.69) is 64.4 Å². The molecular weight excluding hydrogens is 334 g/mol. The molecule has 0 unspecified atom stereocenters. The van der Waals surface area contributed by atoms with Crippen molar-refractivity contribution < 1.29 is 0 Å². The van der Waals surface area contributed by atoms with Crippen LogP contribution < -0.4 is 15.4 Å². The lowest BCUT2D eigenvalue weighted by atomic mass is 10.1. The fraction of sp³-hybridized carbons (Fsp3) is 0.261. The van der Waals surface area contributed by atoms with Crippen molar-refractivity contribution in [3.8, 4) is 0 Å². The lowest BCUT2D eigenvalue weighted by Gasteiger charge is -2.28. The van der Waals surface area contributed by atoms with Crippen molar-refractivity contribution in [1.29, 1.82) is 0 Å². The van der Waals surface area contributed by atoms with Crippen LogP contribution in [0.15, 0.2) is 77.7 Å². The lowest BCUT2D eigenvalue weighted by Crippen LogP contribution is -2.25. The number of nitrogens with zero attached hydrogens (tertiary/aromatic N) is 3. The van der Waals surface area contributed by atoms with Crippen LogP contribution in [0.3, 0.4) is 0 Å². The van der Waals surface area contributed by atoms with Crippen molar-refractivity contribution >= 4 is 11.4 Å². The molecule has 3 aromatic rings. The fourth-order valence-corrected chi connectivity index (χ4v) is 3.73. The Morgan fingerprint density at radius 2 is 1.37 bits per heavy atom. The number of fused-ring (bicyclic) bond motifs is 1. The largest absolute Gasteiger partial charge is 0.365 e. The van der Waals surface area contributed by atoms with E-state index in [0.29, 0.717) is 0 Å². The highest BCUT2D eigenvalue weighted by molar-refractivity contribution is 5.72. The van der Waals surface area contributed by atoms with Crippen LogP contribution in [0.1, 0.15) is 17.5 Å². The highest BCUT2D eigenvalue weighted by Crippen LogP contribution is 2.33. The summed E-state index contributed by atoms with van der Waals surface area (Å²) in [6, 6.07) is 23.0. The number of para-hydroxylation sites is 2. The molecule has 27 heavy (non-hydrogen) atoms. The van der Waals surface area contributed by atoms with Gasteiger partial charge in [0.1, 0.15) is 0 Å². The predicted octanol–water partition coefficient (Wildman–Crippen LogP) is 3.80. The van der Waals surface area contributed by atoms with Gasteiger partial charge >= 0.3 is 0 Å². The van der Waals surface area contributed by atoms with E-state index in [9.17, 15) is 4.79 Å². The second kappa shape index (κ2) is 7.70. The maximum absolute atomic E-state index is 12.0. The van der Waals surface area contributed by atoms with E-state index < -0.39 is 0 Å². The molecule has 0 N–H and O–H groups in total. The van der Waals surface area contributed by atoms with Gasteiger partial charge in [-0.2, -0.15) is 0 Å². The Balaban J connectivity index is 1.62. The first-order chi connectivity index (χ1) is 13.2. The summed E-state index contributed by atoms with van der Waals surface area (Å²) in [6.07, 6.45) is 2.94. The lowest BCUT2D eigenvalue weighted by molar-refractivity contribution is 0.715. The van der Waals surface area contributed by atoms with Gasteiger partial charge in [0.25, 0.3) is 5.56 Å². The minimum atomic E-state index is 0.0429. The maximum atomic E-state index is 12.0. The molecule has 1 aliphatic heterocycles. The molecule has 0 amide bonds. The van der Waals surface area contributed by atoms with Gasteiger partial charge in [-0.25, -0.2) is 0 Å². The minimum Gasteiger partial charge on any atom is -0.365 e. The molecule has 0 spiro atoms. The first-order valence-corrected chi connectivity index (χ1v) is 9.49. The number of benzene rings is 2. The summed E-state index contributed by atoms with van der Waals surface area (Å²) in [6.45, 7) is 3.68. The average molecular weight is 359 g/mol. The van der Waals surface area contributed by atoms with Gasteiger partial charge in [-0.05, 0) is 35.7 Å². The average Bonchev–Trinajstić information content (AvgIpc) is 2.86. The van der Waals surface area contributed by atoms with Gasteiger partial charge < -0.3 is 14.4 Å². The summed E-state index contributed by atoms with van der Waals surface area (Å²) in [5.41, 5.74) is 4.94. The van der Waals surface area contributed by atoms with Gasteiger partial charge in [0.2, 0.25) is 0 Å². The summed E-state index contributed by atoms with van der Waals surface area (Å²) in [5.74, 6) is 0. The van der Waals surface area contributed by atoms with Crippen LogP contribution in [0.2, 0.25) is 0 Å². The van der Waals surface area contributed by atoms with Crippen molar-refractivity contribution in [2.24, 2.45) is 7.05 Å². The Bertz CT molecular complexity index is 965. The van der Waals surface area contributed by atoms with Crippen LogP contribution in [0, 0.1) is 0 Å². The van der Waals surface area contributed by atoms with Crippen LogP contribution in [-0.2, 0) is 20.1 Å². The molecule has 0 atom stereocenters. The summed E-state index contributed by atoms with van der Waals surface area (Å²) >= 11 is 0. The standard InChI is InChI=1S/C23H25N3O/c1-24-15-12-20(16-23(24)27)18-26-14-7-13-25(17-19-8-3-2-4-9-19)21-10-5-6-11-22(21)26/h2-6,8-12,15-16H,7,13-14,17-18H2,1H3. The SMILES string of the molecule is Cn1ccc(CN2CCCN(Cc3ccccc3)c3ccccc32)cc1=O. The minimum absolute atomic E-state index is 0.0429. The zero-order valence-corrected chi connectivity index (χ0v) is 15.7. The molecule has 2 aromatic carbocycles. The second-order valence-corrected chi connectivity index (χ2v) is 7.16. The molecule has 2 heterocycles. The molecule has 4 nitrogen and oxygen atoms in total. The Morgan fingerprint density at radius 3 is 2.00 bits per heavy atom. The molecular formula is C23H25N3O. The van der Waals surface area contributed by atoms with Gasteiger partial charge in [-0.1, -0.05) is 42.5 Å². The molecule has 0 radical (unpaired) electrons. The van der Waals surface area contributed by atoms with Crippen LogP contribution in [0.25, 0.3) is 0 Å². The summed E-state index contributed by atoms with van der Waals surface area (Å²) in [7, 11) is 1.79. The third-order valence-corrected chi connectivity index (χ3v) is 5.18. The van der Waals surface area contributed by atoms with Crippen molar-refractivity contribution in [1.82, 2.24) is 4.57 Å². The van der Waals surface area contributed by atoms with E-state index in [0.717, 1.165) is 38.2 Å². The molecule has 0 bridgehead atoms. The predicted molar refractivity (Wildman–Crippen MR) is 111 cm³/mol.